The first-order chi connectivity index (χ1) is 12.6. The fraction of sp³-hybridized carbons (Fsp3) is 0.250. The molecule has 1 aliphatic heterocycles. The number of thioether (sulfide) groups is 1. The van der Waals surface area contributed by atoms with Crippen molar-refractivity contribution in [3.05, 3.63) is 66.2 Å². The van der Waals surface area contributed by atoms with Gasteiger partial charge in [0.25, 0.3) is 0 Å². The van der Waals surface area contributed by atoms with E-state index < -0.39 is 5.25 Å². The number of nitrogens with zero attached hydrogens (tertiary/aromatic N) is 2. The van der Waals surface area contributed by atoms with E-state index in [-0.39, 0.29) is 18.2 Å². The summed E-state index contributed by atoms with van der Waals surface area (Å²) in [6, 6.07) is 19.5. The van der Waals surface area contributed by atoms with E-state index in [2.05, 4.69) is 22.4 Å². The van der Waals surface area contributed by atoms with Crippen molar-refractivity contribution in [2.45, 2.75) is 18.1 Å². The average molecular weight is 367 g/mol. The topological polar surface area (TPSA) is 61.8 Å². The van der Waals surface area contributed by atoms with Gasteiger partial charge in [0.05, 0.1) is 0 Å². The molecule has 0 radical (unpaired) electrons. The maximum atomic E-state index is 12.4. The van der Waals surface area contributed by atoms with Gasteiger partial charge in [-0.1, -0.05) is 60.3 Å². The Morgan fingerprint density at radius 2 is 1.77 bits per heavy atom. The number of hydrogen-bond donors (Lipinski definition) is 1. The maximum absolute atomic E-state index is 12.4. The summed E-state index contributed by atoms with van der Waals surface area (Å²) in [6.07, 6.45) is 0.973. The van der Waals surface area contributed by atoms with Crippen LogP contribution in [0.15, 0.2) is 65.7 Å². The molecule has 1 atom stereocenters. The molecule has 26 heavy (non-hydrogen) atoms. The minimum absolute atomic E-state index is 0.0885. The van der Waals surface area contributed by atoms with Gasteiger partial charge in [-0.2, -0.15) is 0 Å². The first-order valence-corrected chi connectivity index (χ1v) is 9.39. The van der Waals surface area contributed by atoms with Gasteiger partial charge < -0.3 is 10.2 Å². The Kier molecular flexibility index (Phi) is 6.07. The molecule has 2 amide bonds. The summed E-state index contributed by atoms with van der Waals surface area (Å²) in [6.45, 7) is 0.608. The van der Waals surface area contributed by atoms with Gasteiger partial charge in [-0.15, -0.1) is 0 Å². The molecule has 2 aromatic carbocycles. The molecule has 6 heteroatoms. The van der Waals surface area contributed by atoms with E-state index in [0.29, 0.717) is 11.7 Å². The number of hydrogen-bond acceptors (Lipinski definition) is 4. The molecular weight excluding hydrogens is 346 g/mol. The van der Waals surface area contributed by atoms with Crippen LogP contribution in [-0.4, -0.2) is 35.8 Å². The third kappa shape index (κ3) is 4.73. The van der Waals surface area contributed by atoms with E-state index in [1.807, 2.05) is 48.5 Å². The molecule has 1 saturated heterocycles. The van der Waals surface area contributed by atoms with Gasteiger partial charge in [-0.25, -0.2) is 0 Å². The van der Waals surface area contributed by atoms with Gasteiger partial charge in [0.1, 0.15) is 5.25 Å². The van der Waals surface area contributed by atoms with Gasteiger partial charge in [-0.05, 0) is 24.1 Å². The summed E-state index contributed by atoms with van der Waals surface area (Å²) in [5.74, 6) is -0.238. The number of carbonyl (C=O) groups is 2. The molecule has 1 aliphatic rings. The largest absolute Gasteiger partial charge is 0.315 e. The van der Waals surface area contributed by atoms with Crippen LogP contribution >= 0.6 is 11.8 Å². The molecule has 0 aromatic heterocycles. The molecule has 1 unspecified atom stereocenters. The van der Waals surface area contributed by atoms with Crippen molar-refractivity contribution in [1.29, 1.82) is 0 Å². The van der Waals surface area contributed by atoms with Crippen LogP contribution in [0.4, 0.5) is 5.69 Å². The van der Waals surface area contributed by atoms with Crippen LogP contribution in [0, 0.1) is 0 Å². The van der Waals surface area contributed by atoms with E-state index in [1.54, 1.807) is 11.9 Å². The molecule has 0 bridgehead atoms. The van der Waals surface area contributed by atoms with E-state index in [9.17, 15) is 9.59 Å². The number of nitrogens with one attached hydrogen (secondary N) is 1. The van der Waals surface area contributed by atoms with Crippen LogP contribution in [0.5, 0.6) is 0 Å². The quantitative estimate of drug-likeness (QED) is 0.854. The highest BCUT2D eigenvalue weighted by molar-refractivity contribution is 8.15. The lowest BCUT2D eigenvalue weighted by Crippen LogP contribution is -2.32. The van der Waals surface area contributed by atoms with Gasteiger partial charge in [-0.3, -0.25) is 14.6 Å². The summed E-state index contributed by atoms with van der Waals surface area (Å²) in [7, 11) is 1.73. The summed E-state index contributed by atoms with van der Waals surface area (Å²) in [5.41, 5.74) is 2.03. The number of para-hydroxylation sites is 1. The highest BCUT2D eigenvalue weighted by atomic mass is 32.2. The minimum atomic E-state index is -0.427. The Hall–Kier alpha value is -2.60. The Morgan fingerprint density at radius 3 is 2.46 bits per heavy atom. The number of rotatable bonds is 6. The lowest BCUT2D eigenvalue weighted by Gasteiger charge is -2.18. The molecule has 0 saturated carbocycles. The van der Waals surface area contributed by atoms with Crippen LogP contribution in [-0.2, 0) is 16.0 Å². The number of benzene rings is 2. The first kappa shape index (κ1) is 18.2. The predicted molar refractivity (Wildman–Crippen MR) is 106 cm³/mol. The molecule has 0 aliphatic carbocycles. The Labute approximate surface area is 157 Å². The van der Waals surface area contributed by atoms with Crippen molar-refractivity contribution in [2.24, 2.45) is 4.99 Å². The lowest BCUT2D eigenvalue weighted by atomic mass is 10.2. The predicted octanol–water partition coefficient (Wildman–Crippen LogP) is 2.87. The smallest absolute Gasteiger partial charge is 0.240 e. The van der Waals surface area contributed by atoms with Crippen LogP contribution < -0.4 is 10.2 Å². The summed E-state index contributed by atoms with van der Waals surface area (Å²) in [4.78, 5) is 30.6. The maximum Gasteiger partial charge on any atom is 0.240 e. The second kappa shape index (κ2) is 8.67. The van der Waals surface area contributed by atoms with Crippen LogP contribution in [0.25, 0.3) is 0 Å². The first-order valence-electron chi connectivity index (χ1n) is 8.51. The number of carbonyl (C=O) groups excluding carboxylic acids is 2. The third-order valence-corrected chi connectivity index (χ3v) is 5.27. The van der Waals surface area contributed by atoms with E-state index >= 15 is 0 Å². The zero-order valence-corrected chi connectivity index (χ0v) is 15.4. The molecule has 2 aromatic rings. The highest BCUT2D eigenvalue weighted by Crippen LogP contribution is 2.24. The summed E-state index contributed by atoms with van der Waals surface area (Å²) >= 11 is 1.34. The molecule has 1 N–H and O–H groups in total. The van der Waals surface area contributed by atoms with Gasteiger partial charge in [0, 0.05) is 25.7 Å². The molecule has 134 valence electrons. The van der Waals surface area contributed by atoms with E-state index in [0.717, 1.165) is 12.1 Å². The number of aliphatic imine (C=N–C) groups is 1. The van der Waals surface area contributed by atoms with Crippen molar-refractivity contribution in [3.63, 3.8) is 0 Å². The zero-order chi connectivity index (χ0) is 18.4. The second-order valence-corrected chi connectivity index (χ2v) is 7.20. The standard InChI is InChI=1S/C20H21N3O2S/c1-23(16-10-6-3-7-11-16)18(24)14-17-19(25)22-20(26-17)21-13-12-15-8-4-2-5-9-15/h2-11,17H,12-14H2,1H3,(H,21,22,25). The van der Waals surface area contributed by atoms with Gasteiger partial charge >= 0.3 is 0 Å². The van der Waals surface area contributed by atoms with Crippen LogP contribution in [0.2, 0.25) is 0 Å². The van der Waals surface area contributed by atoms with Crippen molar-refractivity contribution in [2.75, 3.05) is 18.5 Å². The number of amidine groups is 1. The fourth-order valence-electron chi connectivity index (χ4n) is 2.64. The lowest BCUT2D eigenvalue weighted by molar-refractivity contribution is -0.123. The van der Waals surface area contributed by atoms with Crippen molar-refractivity contribution < 1.29 is 9.59 Å². The Bertz CT molecular complexity index is 793. The molecular formula is C20H21N3O2S. The average Bonchev–Trinajstić information content (AvgIpc) is 3.02. The molecule has 5 nitrogen and oxygen atoms in total. The summed E-state index contributed by atoms with van der Waals surface area (Å²) < 4.78 is 0. The van der Waals surface area contributed by atoms with E-state index in [4.69, 9.17) is 0 Å². The number of amides is 2. The molecule has 1 heterocycles. The molecule has 1 fully saturated rings. The van der Waals surface area contributed by atoms with Gasteiger partial charge in [0.2, 0.25) is 11.8 Å². The van der Waals surface area contributed by atoms with E-state index in [1.165, 1.54) is 17.3 Å². The second-order valence-electron chi connectivity index (χ2n) is 6.01. The summed E-state index contributed by atoms with van der Waals surface area (Å²) in [5, 5.41) is 2.95. The SMILES string of the molecule is CN(C(=O)CC1SC(=NCCc2ccccc2)NC1=O)c1ccccc1. The van der Waals surface area contributed by atoms with Crippen molar-refractivity contribution >= 4 is 34.4 Å². The van der Waals surface area contributed by atoms with Crippen molar-refractivity contribution in [3.8, 4) is 0 Å². The highest BCUT2D eigenvalue weighted by Gasteiger charge is 2.32. The fourth-order valence-corrected chi connectivity index (χ4v) is 3.62. The molecule has 0 spiro atoms. The van der Waals surface area contributed by atoms with Crippen LogP contribution in [0.1, 0.15) is 12.0 Å². The molecule has 3 rings (SSSR count). The normalized spacial score (nSPS) is 18.0. The zero-order valence-electron chi connectivity index (χ0n) is 14.6. The van der Waals surface area contributed by atoms with Gasteiger partial charge in [0.15, 0.2) is 5.17 Å². The third-order valence-electron chi connectivity index (χ3n) is 4.15. The number of anilines is 1. The monoisotopic (exact) mass is 367 g/mol. The minimum Gasteiger partial charge on any atom is -0.315 e. The Balaban J connectivity index is 1.52. The van der Waals surface area contributed by atoms with Crippen molar-refractivity contribution in [1.82, 2.24) is 5.32 Å². The Morgan fingerprint density at radius 1 is 1.12 bits per heavy atom. The van der Waals surface area contributed by atoms with Crippen LogP contribution in [0.3, 0.4) is 0 Å².